The van der Waals surface area contributed by atoms with Crippen LogP contribution in [0, 0.1) is 6.92 Å². The van der Waals surface area contributed by atoms with Crippen LogP contribution in [0.25, 0.3) is 11.0 Å². The van der Waals surface area contributed by atoms with Crippen molar-refractivity contribution in [3.8, 4) is 0 Å². The van der Waals surface area contributed by atoms with Crippen LogP contribution < -0.4 is 4.90 Å². The summed E-state index contributed by atoms with van der Waals surface area (Å²) in [7, 11) is 0. The molecule has 0 aliphatic carbocycles. The Labute approximate surface area is 122 Å². The third-order valence-corrected chi connectivity index (χ3v) is 4.05. The normalized spacial score (nSPS) is 16.6. The van der Waals surface area contributed by atoms with Gasteiger partial charge in [0.15, 0.2) is 0 Å². The fourth-order valence-electron chi connectivity index (χ4n) is 2.89. The van der Waals surface area contributed by atoms with Gasteiger partial charge in [-0.25, -0.2) is 4.98 Å². The molecule has 1 aliphatic rings. The average molecular weight is 289 g/mol. The third-order valence-electron chi connectivity index (χ3n) is 4.05. The van der Waals surface area contributed by atoms with Crippen LogP contribution >= 0.6 is 0 Å². The monoisotopic (exact) mass is 289 g/mol. The number of fused-ring (bicyclic) bond motifs is 1. The minimum atomic E-state index is -0.869. The smallest absolute Gasteiger partial charge is 0.323 e. The van der Waals surface area contributed by atoms with E-state index in [2.05, 4.69) is 9.88 Å². The molecule has 0 atom stereocenters. The second-order valence-corrected chi connectivity index (χ2v) is 5.53. The van der Waals surface area contributed by atoms with Crippen LogP contribution in [-0.2, 0) is 11.3 Å². The van der Waals surface area contributed by atoms with Crippen LogP contribution in [0.1, 0.15) is 18.7 Å². The quantitative estimate of drug-likeness (QED) is 0.892. The molecule has 1 aromatic heterocycles. The average Bonchev–Trinajstić information content (AvgIpc) is 2.74. The molecule has 3 rings (SSSR count). The third kappa shape index (κ3) is 2.71. The van der Waals surface area contributed by atoms with E-state index in [0.717, 1.165) is 42.7 Å². The van der Waals surface area contributed by atoms with Crippen molar-refractivity contribution in [3.63, 3.8) is 0 Å². The van der Waals surface area contributed by atoms with E-state index in [1.165, 1.54) is 0 Å². The van der Waals surface area contributed by atoms with Crippen molar-refractivity contribution >= 4 is 22.7 Å². The van der Waals surface area contributed by atoms with Gasteiger partial charge < -0.3 is 19.7 Å². The molecule has 0 unspecified atom stereocenters. The molecular formula is C15H19N3O3. The van der Waals surface area contributed by atoms with E-state index in [0.29, 0.717) is 5.82 Å². The first-order chi connectivity index (χ1) is 10.0. The standard InChI is InChI=1S/C15H19N3O3/c1-10-16-13-8-11(17-6-4-12(19)5-7-17)2-3-14(13)18(10)9-15(20)21/h2-3,8,12,19H,4-7,9H2,1H3,(H,20,21). The number of benzene rings is 1. The van der Waals surface area contributed by atoms with Crippen molar-refractivity contribution in [3.05, 3.63) is 24.0 Å². The first-order valence-electron chi connectivity index (χ1n) is 7.16. The Morgan fingerprint density at radius 3 is 2.76 bits per heavy atom. The fourth-order valence-corrected chi connectivity index (χ4v) is 2.89. The van der Waals surface area contributed by atoms with E-state index < -0.39 is 5.97 Å². The van der Waals surface area contributed by atoms with Crippen LogP contribution in [0.2, 0.25) is 0 Å². The lowest BCUT2D eigenvalue weighted by molar-refractivity contribution is -0.137. The predicted molar refractivity (Wildman–Crippen MR) is 79.6 cm³/mol. The van der Waals surface area contributed by atoms with Crippen LogP contribution in [0.15, 0.2) is 18.2 Å². The predicted octanol–water partition coefficient (Wildman–Crippen LogP) is 1.39. The summed E-state index contributed by atoms with van der Waals surface area (Å²) in [6.07, 6.45) is 1.37. The number of carbonyl (C=O) groups is 1. The Morgan fingerprint density at radius 1 is 1.38 bits per heavy atom. The molecule has 0 radical (unpaired) electrons. The SMILES string of the molecule is Cc1nc2cc(N3CCC(O)CC3)ccc2n1CC(=O)O. The highest BCUT2D eigenvalue weighted by molar-refractivity contribution is 5.82. The van der Waals surface area contributed by atoms with E-state index in [9.17, 15) is 9.90 Å². The molecule has 2 N–H and O–H groups in total. The molecule has 6 heteroatoms. The van der Waals surface area contributed by atoms with Gasteiger partial charge in [-0.3, -0.25) is 4.79 Å². The number of rotatable bonds is 3. The summed E-state index contributed by atoms with van der Waals surface area (Å²) >= 11 is 0. The summed E-state index contributed by atoms with van der Waals surface area (Å²) in [5, 5.41) is 18.5. The number of aliphatic carboxylic acids is 1. The highest BCUT2D eigenvalue weighted by Crippen LogP contribution is 2.25. The van der Waals surface area contributed by atoms with Crippen molar-refractivity contribution in [1.29, 1.82) is 0 Å². The molecule has 2 heterocycles. The van der Waals surface area contributed by atoms with Gasteiger partial charge in [-0.1, -0.05) is 0 Å². The lowest BCUT2D eigenvalue weighted by Gasteiger charge is -2.31. The highest BCUT2D eigenvalue weighted by atomic mass is 16.4. The van der Waals surface area contributed by atoms with Crippen molar-refractivity contribution in [1.82, 2.24) is 9.55 Å². The Morgan fingerprint density at radius 2 is 2.10 bits per heavy atom. The minimum Gasteiger partial charge on any atom is -0.480 e. The van der Waals surface area contributed by atoms with Gasteiger partial charge in [-0.2, -0.15) is 0 Å². The second-order valence-electron chi connectivity index (χ2n) is 5.53. The maximum absolute atomic E-state index is 10.9. The number of imidazole rings is 1. The number of piperidine rings is 1. The number of carboxylic acids is 1. The number of anilines is 1. The van der Waals surface area contributed by atoms with E-state index in [1.807, 2.05) is 25.1 Å². The van der Waals surface area contributed by atoms with E-state index in [1.54, 1.807) is 4.57 Å². The van der Waals surface area contributed by atoms with Crippen molar-refractivity contribution in [2.75, 3.05) is 18.0 Å². The molecule has 6 nitrogen and oxygen atoms in total. The van der Waals surface area contributed by atoms with Gasteiger partial charge >= 0.3 is 5.97 Å². The summed E-state index contributed by atoms with van der Waals surface area (Å²) in [4.78, 5) is 17.6. The molecule has 2 aromatic rings. The second kappa shape index (κ2) is 5.37. The summed E-state index contributed by atoms with van der Waals surface area (Å²) in [6.45, 7) is 3.42. The molecule has 1 saturated heterocycles. The van der Waals surface area contributed by atoms with Crippen LogP contribution in [0.3, 0.4) is 0 Å². The highest BCUT2D eigenvalue weighted by Gasteiger charge is 2.18. The number of hydrogen-bond acceptors (Lipinski definition) is 4. The molecule has 1 fully saturated rings. The van der Waals surface area contributed by atoms with Crippen molar-refractivity contribution in [2.45, 2.75) is 32.4 Å². The topological polar surface area (TPSA) is 78.6 Å². The van der Waals surface area contributed by atoms with E-state index in [-0.39, 0.29) is 12.6 Å². The van der Waals surface area contributed by atoms with Crippen LogP contribution in [-0.4, -0.2) is 44.9 Å². The number of aromatic nitrogens is 2. The van der Waals surface area contributed by atoms with Gasteiger partial charge in [0.1, 0.15) is 12.4 Å². The number of aryl methyl sites for hydroxylation is 1. The first kappa shape index (κ1) is 13.9. The Bertz CT molecular complexity index is 672. The van der Waals surface area contributed by atoms with Gasteiger partial charge in [-0.15, -0.1) is 0 Å². The van der Waals surface area contributed by atoms with Crippen molar-refractivity contribution in [2.24, 2.45) is 0 Å². The van der Waals surface area contributed by atoms with Crippen molar-refractivity contribution < 1.29 is 15.0 Å². The van der Waals surface area contributed by atoms with Gasteiger partial charge in [0.05, 0.1) is 17.1 Å². The minimum absolute atomic E-state index is 0.0718. The van der Waals surface area contributed by atoms with E-state index >= 15 is 0 Å². The maximum Gasteiger partial charge on any atom is 0.323 e. The number of aliphatic hydroxyl groups is 1. The molecule has 21 heavy (non-hydrogen) atoms. The zero-order chi connectivity index (χ0) is 15.0. The fraction of sp³-hybridized carbons (Fsp3) is 0.467. The zero-order valence-electron chi connectivity index (χ0n) is 12.0. The molecule has 1 aliphatic heterocycles. The van der Waals surface area contributed by atoms with Crippen LogP contribution in [0.4, 0.5) is 5.69 Å². The van der Waals surface area contributed by atoms with Gasteiger partial charge in [0.25, 0.3) is 0 Å². The molecular weight excluding hydrogens is 270 g/mol. The molecule has 1 aromatic carbocycles. The molecule has 0 saturated carbocycles. The summed E-state index contributed by atoms with van der Waals surface area (Å²) in [5.74, 6) is -0.162. The molecule has 112 valence electrons. The summed E-state index contributed by atoms with van der Waals surface area (Å²) < 4.78 is 1.71. The van der Waals surface area contributed by atoms with Crippen LogP contribution in [0.5, 0.6) is 0 Å². The summed E-state index contributed by atoms with van der Waals surface area (Å²) in [6, 6.07) is 5.93. The zero-order valence-corrected chi connectivity index (χ0v) is 12.0. The number of nitrogens with zero attached hydrogens (tertiary/aromatic N) is 3. The Kier molecular flexibility index (Phi) is 3.55. The molecule has 0 spiro atoms. The lowest BCUT2D eigenvalue weighted by atomic mass is 10.1. The molecule has 0 bridgehead atoms. The van der Waals surface area contributed by atoms with E-state index in [4.69, 9.17) is 5.11 Å². The maximum atomic E-state index is 10.9. The van der Waals surface area contributed by atoms with Gasteiger partial charge in [0, 0.05) is 18.8 Å². The first-order valence-corrected chi connectivity index (χ1v) is 7.16. The number of aliphatic hydroxyl groups excluding tert-OH is 1. The number of hydrogen-bond donors (Lipinski definition) is 2. The largest absolute Gasteiger partial charge is 0.480 e. The van der Waals surface area contributed by atoms with Gasteiger partial charge in [0.2, 0.25) is 0 Å². The summed E-state index contributed by atoms with van der Waals surface area (Å²) in [5.41, 5.74) is 2.74. The Balaban J connectivity index is 1.92. The molecule has 0 amide bonds. The van der Waals surface area contributed by atoms with Gasteiger partial charge in [-0.05, 0) is 38.0 Å². The Hall–Kier alpha value is -2.08. The number of carboxylic acid groups (broad SMARTS) is 1. The lowest BCUT2D eigenvalue weighted by Crippen LogP contribution is -2.35.